The van der Waals surface area contributed by atoms with E-state index in [9.17, 15) is 9.59 Å². The largest absolute Gasteiger partial charge is 0.492 e. The third kappa shape index (κ3) is 4.65. The fourth-order valence-electron chi connectivity index (χ4n) is 3.16. The lowest BCUT2D eigenvalue weighted by molar-refractivity contribution is 0.210. The number of carbonyl (C=O) groups is 1. The van der Waals surface area contributed by atoms with E-state index in [0.717, 1.165) is 5.39 Å². The van der Waals surface area contributed by atoms with Crippen molar-refractivity contribution < 1.29 is 14.6 Å². The van der Waals surface area contributed by atoms with Crippen LogP contribution in [0.5, 0.6) is 5.75 Å². The number of hydrogen-bond donors (Lipinski definition) is 4. The molecule has 2 aromatic heterocycles. The molecular weight excluding hydrogens is 408 g/mol. The molecule has 1 aliphatic rings. The molecule has 0 saturated heterocycles. The topological polar surface area (TPSA) is 116 Å². The Balaban J connectivity index is 1.57. The molecule has 4 N–H and O–H groups in total. The van der Waals surface area contributed by atoms with Crippen molar-refractivity contribution in [1.29, 1.82) is 0 Å². The molecule has 1 aliphatic carbocycles. The Labute approximate surface area is 177 Å². The summed E-state index contributed by atoms with van der Waals surface area (Å²) in [5.74, 6) is 1.61. The summed E-state index contributed by atoms with van der Waals surface area (Å²) < 4.78 is 5.78. The van der Waals surface area contributed by atoms with E-state index in [2.05, 4.69) is 20.6 Å². The van der Waals surface area contributed by atoms with Gasteiger partial charge in [0.15, 0.2) is 0 Å². The van der Waals surface area contributed by atoms with Crippen molar-refractivity contribution in [1.82, 2.24) is 9.97 Å². The van der Waals surface area contributed by atoms with Crippen LogP contribution < -0.4 is 20.9 Å². The molecule has 1 amide bonds. The summed E-state index contributed by atoms with van der Waals surface area (Å²) in [7, 11) is 0. The summed E-state index contributed by atoms with van der Waals surface area (Å²) in [5.41, 5.74) is 1.29. The molecule has 0 radical (unpaired) electrons. The molecule has 1 aromatic carbocycles. The van der Waals surface area contributed by atoms with Crippen LogP contribution in [0.1, 0.15) is 31.4 Å². The minimum atomic E-state index is -1.16. The third-order valence-electron chi connectivity index (χ3n) is 4.94. The first-order chi connectivity index (χ1) is 14.4. The third-order valence-corrected chi connectivity index (χ3v) is 5.23. The van der Waals surface area contributed by atoms with Gasteiger partial charge in [0, 0.05) is 35.0 Å². The Bertz CT molecular complexity index is 1160. The fourth-order valence-corrected chi connectivity index (χ4v) is 3.39. The molecule has 0 spiro atoms. The Kier molecular flexibility index (Phi) is 5.50. The first-order valence-corrected chi connectivity index (χ1v) is 9.98. The number of benzene rings is 1. The molecule has 3 aromatic rings. The highest BCUT2D eigenvalue weighted by Crippen LogP contribution is 2.34. The summed E-state index contributed by atoms with van der Waals surface area (Å²) in [6, 6.07) is 8.03. The lowest BCUT2D eigenvalue weighted by Crippen LogP contribution is -2.20. The van der Waals surface area contributed by atoms with Crippen LogP contribution in [0, 0.1) is 5.92 Å². The van der Waals surface area contributed by atoms with E-state index in [1.54, 1.807) is 24.3 Å². The first kappa shape index (κ1) is 20.0. The van der Waals surface area contributed by atoms with Crippen molar-refractivity contribution in [2.45, 2.75) is 25.8 Å². The summed E-state index contributed by atoms with van der Waals surface area (Å²) >= 11 is 6.37. The van der Waals surface area contributed by atoms with Gasteiger partial charge in [-0.1, -0.05) is 11.6 Å². The molecule has 2 heterocycles. The number of amides is 1. The van der Waals surface area contributed by atoms with Gasteiger partial charge in [-0.15, -0.1) is 0 Å². The smallest absolute Gasteiger partial charge is 0.409 e. The molecule has 4 rings (SSSR count). The number of H-pyrrole nitrogens is 1. The zero-order chi connectivity index (χ0) is 21.3. The quantitative estimate of drug-likeness (QED) is 0.436. The number of fused-ring (bicyclic) bond motifs is 1. The normalized spacial score (nSPS) is 14.3. The van der Waals surface area contributed by atoms with Crippen molar-refractivity contribution in [2.24, 2.45) is 5.92 Å². The molecule has 156 valence electrons. The van der Waals surface area contributed by atoms with Gasteiger partial charge < -0.3 is 20.1 Å². The van der Waals surface area contributed by atoms with Gasteiger partial charge in [0.2, 0.25) is 0 Å². The zero-order valence-electron chi connectivity index (χ0n) is 16.2. The van der Waals surface area contributed by atoms with E-state index in [1.807, 2.05) is 6.92 Å². The maximum atomic E-state index is 12.7. The summed E-state index contributed by atoms with van der Waals surface area (Å²) in [4.78, 5) is 30.5. The fraction of sp³-hybridized carbons (Fsp3) is 0.286. The average molecular weight is 429 g/mol. The molecule has 1 atom stereocenters. The van der Waals surface area contributed by atoms with Crippen LogP contribution in [-0.4, -0.2) is 27.8 Å². The van der Waals surface area contributed by atoms with Gasteiger partial charge in [0.25, 0.3) is 5.56 Å². The van der Waals surface area contributed by atoms with Crippen LogP contribution in [-0.2, 0) is 0 Å². The van der Waals surface area contributed by atoms with Crippen molar-refractivity contribution >= 4 is 40.1 Å². The lowest BCUT2D eigenvalue weighted by Gasteiger charge is -2.16. The highest BCUT2D eigenvalue weighted by atomic mass is 35.5. The zero-order valence-corrected chi connectivity index (χ0v) is 17.0. The minimum absolute atomic E-state index is 0.238. The lowest BCUT2D eigenvalue weighted by atomic mass is 10.1. The van der Waals surface area contributed by atoms with E-state index in [-0.39, 0.29) is 11.6 Å². The van der Waals surface area contributed by atoms with Crippen molar-refractivity contribution in [3.8, 4) is 5.75 Å². The van der Waals surface area contributed by atoms with Crippen molar-refractivity contribution in [3.63, 3.8) is 0 Å². The number of hydrogen-bond acceptors (Lipinski definition) is 5. The maximum absolute atomic E-state index is 12.7. The molecule has 9 heteroatoms. The monoisotopic (exact) mass is 428 g/mol. The second kappa shape index (κ2) is 8.23. The number of rotatable bonds is 7. The molecule has 0 aliphatic heterocycles. The molecule has 8 nitrogen and oxygen atoms in total. The Morgan fingerprint density at radius 1 is 1.37 bits per heavy atom. The van der Waals surface area contributed by atoms with Crippen LogP contribution in [0.2, 0.25) is 5.02 Å². The van der Waals surface area contributed by atoms with E-state index in [4.69, 9.17) is 21.4 Å². The van der Waals surface area contributed by atoms with Gasteiger partial charge in [-0.3, -0.25) is 10.1 Å². The van der Waals surface area contributed by atoms with Crippen LogP contribution >= 0.6 is 11.6 Å². The van der Waals surface area contributed by atoms with Crippen LogP contribution in [0.25, 0.3) is 10.9 Å². The standard InChI is InChI=1S/C21H21ClN4O4/c1-11(24-19-8-14(4-5-23-19)25-21(28)29)15-6-13-7-16(22)18(30-10-12-2-3-12)9-17(13)26-20(15)27/h4-9,11-12H,2-3,10H2,1H3,(H,26,27)(H,28,29)(H2,23,24,25). The second-order valence-corrected chi connectivity index (χ2v) is 7.81. The number of ether oxygens (including phenoxy) is 1. The number of nitrogens with one attached hydrogen (secondary N) is 3. The van der Waals surface area contributed by atoms with Gasteiger partial charge in [0.1, 0.15) is 11.6 Å². The summed E-state index contributed by atoms with van der Waals surface area (Å²) in [6.07, 6.45) is 2.68. The predicted molar refractivity (Wildman–Crippen MR) is 116 cm³/mol. The predicted octanol–water partition coefficient (Wildman–Crippen LogP) is 4.63. The molecule has 1 saturated carbocycles. The maximum Gasteiger partial charge on any atom is 0.409 e. The van der Waals surface area contributed by atoms with Crippen LogP contribution in [0.15, 0.2) is 41.3 Å². The molecule has 0 bridgehead atoms. The molecular formula is C21H21ClN4O4. The van der Waals surface area contributed by atoms with E-state index in [1.165, 1.54) is 25.1 Å². The van der Waals surface area contributed by atoms with Gasteiger partial charge >= 0.3 is 6.09 Å². The molecule has 30 heavy (non-hydrogen) atoms. The average Bonchev–Trinajstić information content (AvgIpc) is 3.50. The van der Waals surface area contributed by atoms with Gasteiger partial charge in [-0.25, -0.2) is 9.78 Å². The highest BCUT2D eigenvalue weighted by Gasteiger charge is 2.22. The Morgan fingerprint density at radius 3 is 2.90 bits per heavy atom. The first-order valence-electron chi connectivity index (χ1n) is 9.61. The van der Waals surface area contributed by atoms with E-state index >= 15 is 0 Å². The van der Waals surface area contributed by atoms with Crippen molar-refractivity contribution in [3.05, 3.63) is 57.5 Å². The number of pyridine rings is 2. The minimum Gasteiger partial charge on any atom is -0.492 e. The van der Waals surface area contributed by atoms with Crippen LogP contribution in [0.3, 0.4) is 0 Å². The van der Waals surface area contributed by atoms with Gasteiger partial charge in [-0.05, 0) is 43.9 Å². The van der Waals surface area contributed by atoms with E-state index < -0.39 is 6.09 Å². The Morgan fingerprint density at radius 2 is 2.17 bits per heavy atom. The van der Waals surface area contributed by atoms with E-state index in [0.29, 0.717) is 45.9 Å². The number of carboxylic acid groups (broad SMARTS) is 1. The second-order valence-electron chi connectivity index (χ2n) is 7.40. The van der Waals surface area contributed by atoms with Crippen LogP contribution in [0.4, 0.5) is 16.3 Å². The number of aromatic nitrogens is 2. The summed E-state index contributed by atoms with van der Waals surface area (Å²) in [5, 5.41) is 15.5. The number of halogens is 1. The number of aromatic amines is 1. The summed E-state index contributed by atoms with van der Waals surface area (Å²) in [6.45, 7) is 2.46. The molecule has 1 fully saturated rings. The number of nitrogens with zero attached hydrogens (tertiary/aromatic N) is 1. The SMILES string of the molecule is CC(Nc1cc(NC(=O)O)ccn1)c1cc2cc(Cl)c(OCC3CC3)cc2[nH]c1=O. The molecule has 1 unspecified atom stereocenters. The van der Waals surface area contributed by atoms with Crippen molar-refractivity contribution in [2.75, 3.05) is 17.2 Å². The highest BCUT2D eigenvalue weighted by molar-refractivity contribution is 6.32. The number of anilines is 2. The van der Waals surface area contributed by atoms with Gasteiger partial charge in [0.05, 0.1) is 23.2 Å². The Hall–Kier alpha value is -3.26. The van der Waals surface area contributed by atoms with Gasteiger partial charge in [-0.2, -0.15) is 0 Å².